The van der Waals surface area contributed by atoms with Crippen LogP contribution >= 0.6 is 15.9 Å². The first-order valence-corrected chi connectivity index (χ1v) is 6.22. The van der Waals surface area contributed by atoms with E-state index in [-0.39, 0.29) is 5.88 Å². The van der Waals surface area contributed by atoms with Gasteiger partial charge in [-0.05, 0) is 35.5 Å². The quantitative estimate of drug-likeness (QED) is 0.901. The summed E-state index contributed by atoms with van der Waals surface area (Å²) in [6, 6.07) is 1.69. The van der Waals surface area contributed by atoms with E-state index in [9.17, 15) is 13.2 Å². The summed E-state index contributed by atoms with van der Waals surface area (Å²) in [4.78, 5) is 3.88. The average Bonchev–Trinajstić information content (AvgIpc) is 2.28. The molecule has 0 saturated carbocycles. The molecular weight excluding hydrogens is 313 g/mol. The van der Waals surface area contributed by atoms with Crippen molar-refractivity contribution in [1.29, 1.82) is 0 Å². The van der Waals surface area contributed by atoms with E-state index in [0.29, 0.717) is 23.1 Å². The van der Waals surface area contributed by atoms with Crippen LogP contribution in [0.4, 0.5) is 13.2 Å². The number of hydrogen-bond donors (Lipinski definition) is 1. The lowest BCUT2D eigenvalue weighted by Crippen LogP contribution is -2.32. The minimum absolute atomic E-state index is 0.00368. The summed E-state index contributed by atoms with van der Waals surface area (Å²) in [5.41, 5.74) is 0.585. The number of nitrogens with zero attached hydrogens (tertiary/aromatic N) is 1. The Labute approximate surface area is 112 Å². The van der Waals surface area contributed by atoms with Gasteiger partial charge in [0.1, 0.15) is 0 Å². The molecule has 3 nitrogen and oxygen atoms in total. The van der Waals surface area contributed by atoms with Gasteiger partial charge >= 0.3 is 6.18 Å². The van der Waals surface area contributed by atoms with E-state index < -0.39 is 12.3 Å². The van der Waals surface area contributed by atoms with E-state index in [1.165, 1.54) is 6.20 Å². The maximum atomic E-state index is 12.4. The van der Waals surface area contributed by atoms with Crippen LogP contribution in [0.15, 0.2) is 16.7 Å². The van der Waals surface area contributed by atoms with Crippen LogP contribution in [0.1, 0.15) is 19.4 Å². The monoisotopic (exact) mass is 326 g/mol. The molecule has 0 radical (unpaired) electrons. The first-order chi connectivity index (χ1) is 8.34. The lowest BCUT2D eigenvalue weighted by atomic mass is 10.2. The molecule has 102 valence electrons. The predicted octanol–water partition coefficient (Wildman–Crippen LogP) is 3.28. The molecule has 0 saturated heterocycles. The molecule has 1 rings (SSSR count). The van der Waals surface area contributed by atoms with Crippen LogP contribution in [-0.2, 0) is 6.54 Å². The van der Waals surface area contributed by atoms with Crippen LogP contribution in [-0.4, -0.2) is 23.8 Å². The van der Waals surface area contributed by atoms with Crippen molar-refractivity contribution in [3.05, 3.63) is 22.3 Å². The molecular formula is C11H14BrF3N2O. The van der Waals surface area contributed by atoms with Gasteiger partial charge in [0.05, 0.1) is 0 Å². The van der Waals surface area contributed by atoms with Crippen LogP contribution in [0.2, 0.25) is 0 Å². The molecule has 1 heterocycles. The molecule has 0 aliphatic heterocycles. The standard InChI is InChI=1S/C11H14BrF3N2O/c1-3-16-5-8-4-9(12)6-17-10(8)18-7(2)11(13,14)15/h4,6-7,16H,3,5H2,1-2H3. The molecule has 1 unspecified atom stereocenters. The maximum absolute atomic E-state index is 12.4. The average molecular weight is 327 g/mol. The fraction of sp³-hybridized carbons (Fsp3) is 0.545. The summed E-state index contributed by atoms with van der Waals surface area (Å²) in [5.74, 6) is 0.00368. The van der Waals surface area contributed by atoms with Crippen LogP contribution in [0.25, 0.3) is 0 Å². The highest BCUT2D eigenvalue weighted by Crippen LogP contribution is 2.27. The molecule has 0 aromatic carbocycles. The number of aromatic nitrogens is 1. The van der Waals surface area contributed by atoms with Crippen molar-refractivity contribution in [2.75, 3.05) is 6.54 Å². The fourth-order valence-corrected chi connectivity index (χ4v) is 1.57. The van der Waals surface area contributed by atoms with Crippen molar-refractivity contribution in [2.24, 2.45) is 0 Å². The third-order valence-electron chi connectivity index (χ3n) is 2.21. The third kappa shape index (κ3) is 4.45. The van der Waals surface area contributed by atoms with Gasteiger partial charge < -0.3 is 10.1 Å². The maximum Gasteiger partial charge on any atom is 0.425 e. The Balaban J connectivity index is 2.87. The van der Waals surface area contributed by atoms with Gasteiger partial charge in [-0.1, -0.05) is 6.92 Å². The van der Waals surface area contributed by atoms with E-state index in [0.717, 1.165) is 6.92 Å². The van der Waals surface area contributed by atoms with E-state index in [2.05, 4.69) is 26.2 Å². The highest BCUT2D eigenvalue weighted by Gasteiger charge is 2.38. The van der Waals surface area contributed by atoms with Gasteiger partial charge in [0, 0.05) is 22.8 Å². The SMILES string of the molecule is CCNCc1cc(Br)cnc1OC(C)C(F)(F)F. The number of nitrogens with one attached hydrogen (secondary N) is 1. The molecule has 1 atom stereocenters. The van der Waals surface area contributed by atoms with Crippen molar-refractivity contribution in [2.45, 2.75) is 32.7 Å². The van der Waals surface area contributed by atoms with Gasteiger partial charge in [0.2, 0.25) is 5.88 Å². The van der Waals surface area contributed by atoms with Gasteiger partial charge in [-0.25, -0.2) is 4.98 Å². The molecule has 1 aromatic heterocycles. The molecule has 0 fully saturated rings. The normalized spacial score (nSPS) is 13.4. The number of ether oxygens (including phenoxy) is 1. The minimum Gasteiger partial charge on any atom is -0.465 e. The number of hydrogen-bond acceptors (Lipinski definition) is 3. The van der Waals surface area contributed by atoms with E-state index in [4.69, 9.17) is 4.74 Å². The van der Waals surface area contributed by atoms with Gasteiger partial charge in [-0.15, -0.1) is 0 Å². The third-order valence-corrected chi connectivity index (χ3v) is 2.64. The predicted molar refractivity (Wildman–Crippen MR) is 65.5 cm³/mol. The van der Waals surface area contributed by atoms with Crippen LogP contribution < -0.4 is 10.1 Å². The first-order valence-electron chi connectivity index (χ1n) is 5.43. The number of pyridine rings is 1. The Hall–Kier alpha value is -0.820. The van der Waals surface area contributed by atoms with Crippen LogP contribution in [0.3, 0.4) is 0 Å². The zero-order valence-corrected chi connectivity index (χ0v) is 11.6. The Morgan fingerprint density at radius 3 is 2.72 bits per heavy atom. The molecule has 1 N–H and O–H groups in total. The molecule has 0 amide bonds. The lowest BCUT2D eigenvalue weighted by molar-refractivity contribution is -0.190. The Bertz CT molecular complexity index is 398. The van der Waals surface area contributed by atoms with Crippen molar-refractivity contribution >= 4 is 15.9 Å². The summed E-state index contributed by atoms with van der Waals surface area (Å²) < 4.78 is 42.8. The van der Waals surface area contributed by atoms with E-state index in [1.807, 2.05) is 6.92 Å². The van der Waals surface area contributed by atoms with Crippen molar-refractivity contribution in [1.82, 2.24) is 10.3 Å². The second kappa shape index (κ2) is 6.38. The Morgan fingerprint density at radius 2 is 2.17 bits per heavy atom. The number of halogens is 4. The molecule has 0 aliphatic rings. The summed E-state index contributed by atoms with van der Waals surface area (Å²) in [7, 11) is 0. The fourth-order valence-electron chi connectivity index (χ4n) is 1.20. The van der Waals surface area contributed by atoms with Crippen molar-refractivity contribution < 1.29 is 17.9 Å². The zero-order valence-electron chi connectivity index (χ0n) is 10.0. The van der Waals surface area contributed by atoms with Gasteiger partial charge in [0.15, 0.2) is 6.10 Å². The lowest BCUT2D eigenvalue weighted by Gasteiger charge is -2.19. The summed E-state index contributed by atoms with van der Waals surface area (Å²) in [6.07, 6.45) is -4.87. The highest BCUT2D eigenvalue weighted by atomic mass is 79.9. The second-order valence-corrected chi connectivity index (χ2v) is 4.62. The molecule has 18 heavy (non-hydrogen) atoms. The first kappa shape index (κ1) is 15.2. The summed E-state index contributed by atoms with van der Waals surface area (Å²) in [5, 5.41) is 3.02. The van der Waals surface area contributed by atoms with E-state index in [1.54, 1.807) is 6.07 Å². The second-order valence-electron chi connectivity index (χ2n) is 3.70. The molecule has 0 aliphatic carbocycles. The topological polar surface area (TPSA) is 34.2 Å². The summed E-state index contributed by atoms with van der Waals surface area (Å²) in [6.45, 7) is 3.98. The number of alkyl halides is 3. The van der Waals surface area contributed by atoms with Gasteiger partial charge in [-0.3, -0.25) is 0 Å². The highest BCUT2D eigenvalue weighted by molar-refractivity contribution is 9.10. The largest absolute Gasteiger partial charge is 0.465 e. The van der Waals surface area contributed by atoms with Crippen LogP contribution in [0, 0.1) is 0 Å². The smallest absolute Gasteiger partial charge is 0.425 e. The van der Waals surface area contributed by atoms with Crippen LogP contribution in [0.5, 0.6) is 5.88 Å². The van der Waals surface area contributed by atoms with Crippen molar-refractivity contribution in [3.63, 3.8) is 0 Å². The van der Waals surface area contributed by atoms with Gasteiger partial charge in [-0.2, -0.15) is 13.2 Å². The minimum atomic E-state index is -4.40. The summed E-state index contributed by atoms with van der Waals surface area (Å²) >= 11 is 3.23. The molecule has 0 bridgehead atoms. The molecule has 0 spiro atoms. The van der Waals surface area contributed by atoms with Gasteiger partial charge in [0.25, 0.3) is 0 Å². The van der Waals surface area contributed by atoms with E-state index >= 15 is 0 Å². The molecule has 1 aromatic rings. The zero-order chi connectivity index (χ0) is 13.8. The Morgan fingerprint density at radius 1 is 1.50 bits per heavy atom. The number of rotatable bonds is 5. The van der Waals surface area contributed by atoms with Crippen molar-refractivity contribution in [3.8, 4) is 5.88 Å². The Kier molecular flexibility index (Phi) is 5.40. The molecule has 7 heteroatoms.